The lowest BCUT2D eigenvalue weighted by molar-refractivity contribution is -0.793. The normalized spacial score (nSPS) is 11.6. The molecule has 7 heteroatoms. The highest BCUT2D eigenvalue weighted by Gasteiger charge is 2.32. The molecule has 1 aromatic carbocycles. The fourth-order valence-corrected chi connectivity index (χ4v) is 3.19. The standard InChI is InChI=1S/C12H14N2O4S/c1-2-3-9-19(16,17)12-11(14(15)18-13-12)10-7-5-4-6-8-10/h4-8H,2-3,9H2,1H3. The van der Waals surface area contributed by atoms with Gasteiger partial charge in [0.25, 0.3) is 0 Å². The first-order valence-electron chi connectivity index (χ1n) is 5.94. The summed E-state index contributed by atoms with van der Waals surface area (Å²) in [5.74, 6) is -0.0458. The van der Waals surface area contributed by atoms with Crippen molar-refractivity contribution < 1.29 is 17.9 Å². The molecule has 0 aliphatic heterocycles. The zero-order valence-electron chi connectivity index (χ0n) is 10.4. The summed E-state index contributed by atoms with van der Waals surface area (Å²) in [7, 11) is -3.61. The molecule has 1 aromatic heterocycles. The van der Waals surface area contributed by atoms with Crippen molar-refractivity contribution in [2.45, 2.75) is 24.8 Å². The topological polar surface area (TPSA) is 87.1 Å². The number of benzene rings is 1. The van der Waals surface area contributed by atoms with E-state index in [0.29, 0.717) is 12.0 Å². The van der Waals surface area contributed by atoms with Gasteiger partial charge in [0, 0.05) is 5.56 Å². The van der Waals surface area contributed by atoms with E-state index < -0.39 is 9.84 Å². The van der Waals surface area contributed by atoms with E-state index in [4.69, 9.17) is 0 Å². The third-order valence-electron chi connectivity index (χ3n) is 2.69. The lowest BCUT2D eigenvalue weighted by atomic mass is 10.2. The van der Waals surface area contributed by atoms with Crippen LogP contribution in [-0.2, 0) is 9.84 Å². The van der Waals surface area contributed by atoms with Gasteiger partial charge in [-0.2, -0.15) is 0 Å². The second kappa shape index (κ2) is 5.40. The molecule has 102 valence electrons. The van der Waals surface area contributed by atoms with Gasteiger partial charge >= 0.3 is 5.03 Å². The zero-order valence-corrected chi connectivity index (χ0v) is 11.3. The Kier molecular flexibility index (Phi) is 3.84. The highest BCUT2D eigenvalue weighted by molar-refractivity contribution is 7.91. The largest absolute Gasteiger partial charge is 0.359 e. The molecule has 0 amide bonds. The molecule has 0 aliphatic carbocycles. The molecule has 0 unspecified atom stereocenters. The Morgan fingerprint density at radius 3 is 2.63 bits per heavy atom. The number of unbranched alkanes of at least 4 members (excludes halogenated alkanes) is 1. The smallest absolute Gasteiger partial charge is 0.339 e. The average Bonchev–Trinajstić information content (AvgIpc) is 2.80. The van der Waals surface area contributed by atoms with Gasteiger partial charge in [-0.25, -0.2) is 8.42 Å². The summed E-state index contributed by atoms with van der Waals surface area (Å²) in [6.45, 7) is 1.89. The van der Waals surface area contributed by atoms with Gasteiger partial charge in [-0.15, -0.1) is 0 Å². The van der Waals surface area contributed by atoms with E-state index in [1.54, 1.807) is 30.3 Å². The Morgan fingerprint density at radius 2 is 2.00 bits per heavy atom. The minimum absolute atomic E-state index is 0.0458. The Labute approximate surface area is 111 Å². The van der Waals surface area contributed by atoms with Gasteiger partial charge in [-0.05, 0) is 11.3 Å². The fourth-order valence-electron chi connectivity index (χ4n) is 1.70. The molecule has 2 aromatic rings. The second-order valence-corrected chi connectivity index (χ2v) is 6.15. The van der Waals surface area contributed by atoms with Gasteiger partial charge in [-0.3, -0.25) is 4.63 Å². The van der Waals surface area contributed by atoms with Crippen molar-refractivity contribution in [3.8, 4) is 11.3 Å². The van der Waals surface area contributed by atoms with Crippen LogP contribution in [0.2, 0.25) is 0 Å². The maximum Gasteiger partial charge on any atom is 0.339 e. The van der Waals surface area contributed by atoms with Crippen molar-refractivity contribution in [1.82, 2.24) is 5.16 Å². The summed E-state index contributed by atoms with van der Waals surface area (Å²) in [6.07, 6.45) is 1.26. The van der Waals surface area contributed by atoms with Crippen LogP contribution in [0.25, 0.3) is 11.3 Å². The van der Waals surface area contributed by atoms with Crippen LogP contribution in [-0.4, -0.2) is 19.3 Å². The predicted molar refractivity (Wildman–Crippen MR) is 67.9 cm³/mol. The number of hydrogen-bond donors (Lipinski definition) is 0. The summed E-state index contributed by atoms with van der Waals surface area (Å²) < 4.78 is 28.7. The molecular formula is C12H14N2O4S. The molecule has 0 aliphatic rings. The maximum absolute atomic E-state index is 12.1. The van der Waals surface area contributed by atoms with Crippen LogP contribution in [0.1, 0.15) is 19.8 Å². The van der Waals surface area contributed by atoms with Crippen molar-refractivity contribution >= 4 is 9.84 Å². The highest BCUT2D eigenvalue weighted by Crippen LogP contribution is 2.23. The molecule has 1 heterocycles. The van der Waals surface area contributed by atoms with E-state index >= 15 is 0 Å². The van der Waals surface area contributed by atoms with E-state index in [1.807, 2.05) is 6.92 Å². The Balaban J connectivity index is 2.50. The third-order valence-corrected chi connectivity index (χ3v) is 4.37. The van der Waals surface area contributed by atoms with Crippen LogP contribution < -0.4 is 4.90 Å². The van der Waals surface area contributed by atoms with Crippen molar-refractivity contribution in [2.75, 3.05) is 5.75 Å². The minimum Gasteiger partial charge on any atom is -0.359 e. The summed E-state index contributed by atoms with van der Waals surface area (Å²) >= 11 is 0. The molecule has 0 bridgehead atoms. The molecule has 0 saturated carbocycles. The van der Waals surface area contributed by atoms with Crippen molar-refractivity contribution in [3.63, 3.8) is 0 Å². The number of sulfone groups is 1. The third kappa shape index (κ3) is 2.76. The molecule has 0 N–H and O–H groups in total. The van der Waals surface area contributed by atoms with E-state index in [1.165, 1.54) is 0 Å². The highest BCUT2D eigenvalue weighted by atomic mass is 32.2. The molecule has 0 fully saturated rings. The van der Waals surface area contributed by atoms with Gasteiger partial charge in [0.2, 0.25) is 15.5 Å². The van der Waals surface area contributed by atoms with Crippen molar-refractivity contribution in [2.24, 2.45) is 0 Å². The van der Waals surface area contributed by atoms with Gasteiger partial charge in [0.15, 0.2) is 0 Å². The van der Waals surface area contributed by atoms with Crippen molar-refractivity contribution in [3.05, 3.63) is 35.5 Å². The summed E-state index contributed by atoms with van der Waals surface area (Å²) in [5.41, 5.74) is 0.408. The predicted octanol–water partition coefficient (Wildman–Crippen LogP) is 1.55. The zero-order chi connectivity index (χ0) is 13.9. The molecule has 2 rings (SSSR count). The lowest BCUT2D eigenvalue weighted by Gasteiger charge is -2.00. The van der Waals surface area contributed by atoms with E-state index in [2.05, 4.69) is 9.79 Å². The van der Waals surface area contributed by atoms with Crippen LogP contribution in [0.4, 0.5) is 0 Å². The van der Waals surface area contributed by atoms with E-state index in [9.17, 15) is 13.6 Å². The van der Waals surface area contributed by atoms with Gasteiger partial charge in [0.05, 0.1) is 10.9 Å². The molecular weight excluding hydrogens is 268 g/mol. The van der Waals surface area contributed by atoms with Crippen LogP contribution in [0.3, 0.4) is 0 Å². The Bertz CT molecular complexity index is 650. The first kappa shape index (κ1) is 13.5. The van der Waals surface area contributed by atoms with Crippen LogP contribution in [0.15, 0.2) is 40.0 Å². The monoisotopic (exact) mass is 282 g/mol. The summed E-state index contributed by atoms with van der Waals surface area (Å²) in [4.78, 5) is 0.133. The first-order chi connectivity index (χ1) is 9.06. The molecule has 0 radical (unpaired) electrons. The summed E-state index contributed by atoms with van der Waals surface area (Å²) in [5, 5.41) is 14.7. The SMILES string of the molecule is CCCCS(=O)(=O)c1no[n+]([O-])c1-c1ccccc1. The number of aromatic nitrogens is 2. The van der Waals surface area contributed by atoms with E-state index in [-0.39, 0.29) is 21.4 Å². The van der Waals surface area contributed by atoms with E-state index in [0.717, 1.165) is 6.42 Å². The molecule has 6 nitrogen and oxygen atoms in total. The molecule has 0 saturated heterocycles. The second-order valence-electron chi connectivity index (χ2n) is 4.12. The minimum atomic E-state index is -3.61. The molecule has 19 heavy (non-hydrogen) atoms. The number of hydrogen-bond acceptors (Lipinski definition) is 5. The lowest BCUT2D eigenvalue weighted by Crippen LogP contribution is -2.26. The average molecular weight is 282 g/mol. The van der Waals surface area contributed by atoms with Gasteiger partial charge in [0.1, 0.15) is 0 Å². The molecule has 0 atom stereocenters. The fraction of sp³-hybridized carbons (Fsp3) is 0.333. The van der Waals surface area contributed by atoms with Crippen LogP contribution >= 0.6 is 0 Å². The van der Waals surface area contributed by atoms with Gasteiger partial charge in [-0.1, -0.05) is 43.7 Å². The number of rotatable bonds is 5. The summed E-state index contributed by atoms with van der Waals surface area (Å²) in [6, 6.07) is 8.48. The van der Waals surface area contributed by atoms with Crippen molar-refractivity contribution in [1.29, 1.82) is 0 Å². The maximum atomic E-state index is 12.1. The van der Waals surface area contributed by atoms with Gasteiger partial charge < -0.3 is 5.21 Å². The first-order valence-corrected chi connectivity index (χ1v) is 7.59. The quantitative estimate of drug-likeness (QED) is 0.776. The Hall–Kier alpha value is -1.89. The number of nitrogens with zero attached hydrogens (tertiary/aromatic N) is 2. The van der Waals surface area contributed by atoms with Crippen LogP contribution in [0.5, 0.6) is 0 Å². The molecule has 0 spiro atoms. The Morgan fingerprint density at radius 1 is 1.32 bits per heavy atom. The van der Waals surface area contributed by atoms with Crippen LogP contribution in [0, 0.1) is 5.21 Å².